The van der Waals surface area contributed by atoms with Crippen LogP contribution in [0.5, 0.6) is 0 Å². The highest BCUT2D eigenvalue weighted by molar-refractivity contribution is 5.96. The van der Waals surface area contributed by atoms with Gasteiger partial charge in [0.05, 0.1) is 4.92 Å². The molecule has 0 spiro atoms. The third-order valence-corrected chi connectivity index (χ3v) is 5.81. The minimum Gasteiger partial charge on any atom is -0.365 e. The number of nitro groups is 1. The zero-order chi connectivity index (χ0) is 21.8. The summed E-state index contributed by atoms with van der Waals surface area (Å²) in [6.45, 7) is 10.0. The van der Waals surface area contributed by atoms with Gasteiger partial charge in [-0.25, -0.2) is 4.79 Å². The fraction of sp³-hybridized carbons (Fsp3) is 0.619. The molecule has 0 radical (unpaired) electrons. The van der Waals surface area contributed by atoms with Crippen molar-refractivity contribution in [1.29, 1.82) is 0 Å². The molecular weight excluding hydrogens is 386 g/mol. The van der Waals surface area contributed by atoms with E-state index in [0.29, 0.717) is 55.8 Å². The molecule has 9 heteroatoms. The summed E-state index contributed by atoms with van der Waals surface area (Å²) in [4.78, 5) is 41.6. The van der Waals surface area contributed by atoms with Crippen LogP contribution in [0.4, 0.5) is 16.2 Å². The summed E-state index contributed by atoms with van der Waals surface area (Å²) in [5.74, 6) is 0.701. The molecule has 164 valence electrons. The Morgan fingerprint density at radius 2 is 1.70 bits per heavy atom. The summed E-state index contributed by atoms with van der Waals surface area (Å²) in [5.41, 5.74) is 0.870. The fourth-order valence-corrected chi connectivity index (χ4v) is 4.49. The average Bonchev–Trinajstić information content (AvgIpc) is 2.72. The number of rotatable bonds is 4. The molecule has 30 heavy (non-hydrogen) atoms. The summed E-state index contributed by atoms with van der Waals surface area (Å²) < 4.78 is 0. The topological polar surface area (TPSA) is 99.0 Å². The van der Waals surface area contributed by atoms with E-state index in [4.69, 9.17) is 0 Å². The molecule has 9 nitrogen and oxygen atoms in total. The number of carbonyl (C=O) groups excluding carboxylic acids is 2. The van der Waals surface area contributed by atoms with Crippen molar-refractivity contribution in [2.45, 2.75) is 27.2 Å². The van der Waals surface area contributed by atoms with Crippen molar-refractivity contribution < 1.29 is 14.5 Å². The van der Waals surface area contributed by atoms with Crippen LogP contribution in [0.1, 0.15) is 37.6 Å². The number of hydrogen-bond donors (Lipinski definition) is 1. The normalized spacial score (nSPS) is 22.0. The summed E-state index contributed by atoms with van der Waals surface area (Å²) in [7, 11) is 0. The van der Waals surface area contributed by atoms with E-state index in [0.717, 1.165) is 19.5 Å². The van der Waals surface area contributed by atoms with Crippen molar-refractivity contribution in [1.82, 2.24) is 15.1 Å². The lowest BCUT2D eigenvalue weighted by Crippen LogP contribution is -2.53. The van der Waals surface area contributed by atoms with Gasteiger partial charge in [-0.05, 0) is 37.3 Å². The highest BCUT2D eigenvalue weighted by Gasteiger charge is 2.30. The van der Waals surface area contributed by atoms with Gasteiger partial charge in [-0.2, -0.15) is 0 Å². The van der Waals surface area contributed by atoms with Gasteiger partial charge < -0.3 is 20.0 Å². The number of amides is 3. The summed E-state index contributed by atoms with van der Waals surface area (Å²) in [5, 5.41) is 14.5. The number of piperazine rings is 1. The smallest absolute Gasteiger partial charge is 0.317 e. The number of piperidine rings is 1. The van der Waals surface area contributed by atoms with E-state index in [-0.39, 0.29) is 17.6 Å². The Morgan fingerprint density at radius 1 is 1.10 bits per heavy atom. The lowest BCUT2D eigenvalue weighted by atomic mass is 9.91. The molecule has 0 bridgehead atoms. The number of nitro benzene ring substituents is 1. The highest BCUT2D eigenvalue weighted by atomic mass is 16.6. The monoisotopic (exact) mass is 417 g/mol. The molecule has 1 aromatic carbocycles. The molecule has 3 rings (SSSR count). The molecule has 0 saturated carbocycles. The maximum absolute atomic E-state index is 12.9. The largest absolute Gasteiger partial charge is 0.365 e. The fourth-order valence-electron chi connectivity index (χ4n) is 4.49. The van der Waals surface area contributed by atoms with Gasteiger partial charge in [-0.15, -0.1) is 0 Å². The maximum Gasteiger partial charge on any atom is 0.317 e. The minimum atomic E-state index is -0.400. The van der Waals surface area contributed by atoms with Crippen LogP contribution in [0.25, 0.3) is 0 Å². The van der Waals surface area contributed by atoms with Gasteiger partial charge in [-0.1, -0.05) is 13.8 Å². The maximum atomic E-state index is 12.9. The molecule has 2 atom stereocenters. The Balaban J connectivity index is 1.74. The first-order valence-corrected chi connectivity index (χ1v) is 10.7. The molecule has 2 aliphatic heterocycles. The van der Waals surface area contributed by atoms with Gasteiger partial charge in [0, 0.05) is 57.4 Å². The van der Waals surface area contributed by atoms with Crippen LogP contribution in [0, 0.1) is 22.0 Å². The Kier molecular flexibility index (Phi) is 6.79. The van der Waals surface area contributed by atoms with E-state index in [1.807, 2.05) is 6.92 Å². The molecule has 2 saturated heterocycles. The van der Waals surface area contributed by atoms with E-state index in [9.17, 15) is 19.7 Å². The molecule has 2 aliphatic rings. The first kappa shape index (κ1) is 21.9. The van der Waals surface area contributed by atoms with Gasteiger partial charge >= 0.3 is 6.03 Å². The first-order valence-electron chi connectivity index (χ1n) is 10.7. The van der Waals surface area contributed by atoms with Crippen molar-refractivity contribution in [2.75, 3.05) is 50.7 Å². The van der Waals surface area contributed by atoms with E-state index < -0.39 is 4.92 Å². The molecule has 2 unspecified atom stereocenters. The highest BCUT2D eigenvalue weighted by Crippen LogP contribution is 2.34. The van der Waals surface area contributed by atoms with Crippen LogP contribution in [-0.2, 0) is 0 Å². The van der Waals surface area contributed by atoms with Gasteiger partial charge in [0.15, 0.2) is 0 Å². The number of anilines is 1. The molecule has 1 N–H and O–H groups in total. The third kappa shape index (κ3) is 4.83. The predicted octanol–water partition coefficient (Wildman–Crippen LogP) is 2.56. The predicted molar refractivity (Wildman–Crippen MR) is 115 cm³/mol. The summed E-state index contributed by atoms with van der Waals surface area (Å²) in [6, 6.07) is 4.67. The number of benzene rings is 1. The number of nitrogens with one attached hydrogen (secondary N) is 1. The second kappa shape index (κ2) is 9.32. The van der Waals surface area contributed by atoms with Crippen LogP contribution in [0.15, 0.2) is 18.2 Å². The summed E-state index contributed by atoms with van der Waals surface area (Å²) in [6.07, 6.45) is 1.11. The van der Waals surface area contributed by atoms with Gasteiger partial charge in [0.1, 0.15) is 5.69 Å². The Labute approximate surface area is 177 Å². The second-order valence-corrected chi connectivity index (χ2v) is 8.43. The number of urea groups is 1. The van der Waals surface area contributed by atoms with Crippen molar-refractivity contribution in [3.63, 3.8) is 0 Å². The number of hydrogen-bond acceptors (Lipinski definition) is 5. The minimum absolute atomic E-state index is 0.0249. The van der Waals surface area contributed by atoms with Gasteiger partial charge in [-0.3, -0.25) is 14.9 Å². The molecule has 2 fully saturated rings. The van der Waals surface area contributed by atoms with Crippen LogP contribution < -0.4 is 10.2 Å². The lowest BCUT2D eigenvalue weighted by molar-refractivity contribution is -0.384. The van der Waals surface area contributed by atoms with E-state index in [1.54, 1.807) is 21.9 Å². The van der Waals surface area contributed by atoms with Crippen molar-refractivity contribution in [2.24, 2.45) is 11.8 Å². The molecule has 3 amide bonds. The number of carbonyl (C=O) groups is 2. The van der Waals surface area contributed by atoms with E-state index in [2.05, 4.69) is 24.1 Å². The average molecular weight is 418 g/mol. The third-order valence-electron chi connectivity index (χ3n) is 5.81. The van der Waals surface area contributed by atoms with Crippen molar-refractivity contribution >= 4 is 23.3 Å². The Hall–Kier alpha value is -2.84. The molecule has 1 aromatic rings. The van der Waals surface area contributed by atoms with Crippen LogP contribution in [0.3, 0.4) is 0 Å². The van der Waals surface area contributed by atoms with Crippen LogP contribution in [0.2, 0.25) is 0 Å². The molecule has 0 aliphatic carbocycles. The standard InChI is InChI=1S/C21H31N5O4/c1-4-22-21(28)24-9-7-23(8-10-24)20(27)17-5-6-18(19(12-17)26(29)30)25-13-15(2)11-16(3)14-25/h5-6,12,15-16H,4,7-11,13-14H2,1-3H3,(H,22,28). The zero-order valence-corrected chi connectivity index (χ0v) is 18.0. The SMILES string of the molecule is CCNC(=O)N1CCN(C(=O)c2ccc(N3CC(C)CC(C)C3)c([N+](=O)[O-])c2)CC1. The number of nitrogens with zero attached hydrogens (tertiary/aromatic N) is 4. The second-order valence-electron chi connectivity index (χ2n) is 8.43. The lowest BCUT2D eigenvalue weighted by Gasteiger charge is -2.36. The van der Waals surface area contributed by atoms with E-state index >= 15 is 0 Å². The zero-order valence-electron chi connectivity index (χ0n) is 18.0. The van der Waals surface area contributed by atoms with E-state index in [1.165, 1.54) is 6.07 Å². The first-order chi connectivity index (χ1) is 14.3. The van der Waals surface area contributed by atoms with Gasteiger partial charge in [0.25, 0.3) is 11.6 Å². The van der Waals surface area contributed by atoms with Crippen LogP contribution in [-0.4, -0.2) is 72.5 Å². The Morgan fingerprint density at radius 3 is 2.27 bits per heavy atom. The quantitative estimate of drug-likeness (QED) is 0.600. The van der Waals surface area contributed by atoms with Gasteiger partial charge in [0.2, 0.25) is 0 Å². The van der Waals surface area contributed by atoms with Crippen molar-refractivity contribution in [3.05, 3.63) is 33.9 Å². The molecular formula is C21H31N5O4. The molecule has 2 heterocycles. The Bertz CT molecular complexity index is 797. The molecule has 0 aromatic heterocycles. The summed E-state index contributed by atoms with van der Waals surface area (Å²) >= 11 is 0. The van der Waals surface area contributed by atoms with Crippen LogP contribution >= 0.6 is 0 Å². The van der Waals surface area contributed by atoms with Crippen molar-refractivity contribution in [3.8, 4) is 0 Å².